The number of nitrogen functional groups attached to an aromatic ring is 1. The molecule has 1 saturated heterocycles. The first-order valence-electron chi connectivity index (χ1n) is 9.43. The first kappa shape index (κ1) is 19.4. The summed E-state index contributed by atoms with van der Waals surface area (Å²) in [5.74, 6) is 1.57. The van der Waals surface area contributed by atoms with Gasteiger partial charge in [-0.15, -0.1) is 0 Å². The number of rotatable bonds is 4. The van der Waals surface area contributed by atoms with E-state index >= 15 is 0 Å². The Morgan fingerprint density at radius 1 is 1.14 bits per heavy atom. The Labute approximate surface area is 174 Å². The molecule has 1 fully saturated rings. The third-order valence-electron chi connectivity index (χ3n) is 5.31. The number of anilines is 1. The van der Waals surface area contributed by atoms with Gasteiger partial charge in [-0.05, 0) is 61.1 Å². The van der Waals surface area contributed by atoms with Crippen molar-refractivity contribution >= 4 is 34.8 Å². The maximum Gasteiger partial charge on any atom is 0.254 e. The number of nitrogens with zero attached hydrogens (tertiary/aromatic N) is 1. The number of carbonyl (C=O) groups is 1. The van der Waals surface area contributed by atoms with Crippen LogP contribution in [0, 0.1) is 5.92 Å². The highest BCUT2D eigenvalue weighted by molar-refractivity contribution is 6.37. The van der Waals surface area contributed by atoms with Gasteiger partial charge >= 0.3 is 0 Å². The standard InChI is InChI=1S/C21H22Cl2N2O3/c22-18-10-15(24)11-19(23)20(18)28-16-1-2-17-14(9-16)3-6-25(21(17)26)12-13-4-7-27-8-5-13/h1-2,9-11,13H,3-8,12,24H2. The molecule has 2 aliphatic rings. The van der Waals surface area contributed by atoms with Crippen molar-refractivity contribution in [3.63, 3.8) is 0 Å². The highest BCUT2D eigenvalue weighted by atomic mass is 35.5. The monoisotopic (exact) mass is 420 g/mol. The van der Waals surface area contributed by atoms with Gasteiger partial charge in [0.05, 0.1) is 10.0 Å². The summed E-state index contributed by atoms with van der Waals surface area (Å²) >= 11 is 12.4. The topological polar surface area (TPSA) is 64.8 Å². The van der Waals surface area contributed by atoms with E-state index < -0.39 is 0 Å². The van der Waals surface area contributed by atoms with Gasteiger partial charge in [0.1, 0.15) is 5.75 Å². The Hall–Kier alpha value is -1.95. The summed E-state index contributed by atoms with van der Waals surface area (Å²) in [5.41, 5.74) is 7.93. The number of carbonyl (C=O) groups excluding carboxylic acids is 1. The average Bonchev–Trinajstić information content (AvgIpc) is 2.68. The number of hydrogen-bond acceptors (Lipinski definition) is 4. The zero-order chi connectivity index (χ0) is 19.7. The molecule has 5 nitrogen and oxygen atoms in total. The van der Waals surface area contributed by atoms with Crippen molar-refractivity contribution in [2.45, 2.75) is 19.3 Å². The molecule has 1 amide bonds. The Morgan fingerprint density at radius 2 is 1.86 bits per heavy atom. The van der Waals surface area contributed by atoms with Gasteiger partial charge < -0.3 is 20.1 Å². The van der Waals surface area contributed by atoms with E-state index in [1.54, 1.807) is 18.2 Å². The maximum atomic E-state index is 12.9. The molecule has 7 heteroatoms. The molecular formula is C21H22Cl2N2O3. The number of fused-ring (bicyclic) bond motifs is 1. The van der Waals surface area contributed by atoms with E-state index in [1.165, 1.54) is 0 Å². The first-order chi connectivity index (χ1) is 13.5. The predicted molar refractivity (Wildman–Crippen MR) is 111 cm³/mol. The lowest BCUT2D eigenvalue weighted by molar-refractivity contribution is 0.0449. The van der Waals surface area contributed by atoms with Crippen LogP contribution in [0.4, 0.5) is 5.69 Å². The largest absolute Gasteiger partial charge is 0.454 e. The van der Waals surface area contributed by atoms with E-state index in [0.717, 1.165) is 56.7 Å². The zero-order valence-corrected chi connectivity index (χ0v) is 16.9. The van der Waals surface area contributed by atoms with Crippen molar-refractivity contribution in [3.05, 3.63) is 51.5 Å². The van der Waals surface area contributed by atoms with Crippen LogP contribution in [0.15, 0.2) is 30.3 Å². The molecule has 0 aliphatic carbocycles. The molecule has 148 valence electrons. The van der Waals surface area contributed by atoms with Crippen molar-refractivity contribution in [2.24, 2.45) is 5.92 Å². The molecule has 0 radical (unpaired) electrons. The molecule has 2 aromatic carbocycles. The van der Waals surface area contributed by atoms with Gasteiger partial charge in [-0.3, -0.25) is 4.79 Å². The van der Waals surface area contributed by atoms with Crippen molar-refractivity contribution in [3.8, 4) is 11.5 Å². The van der Waals surface area contributed by atoms with Gasteiger partial charge in [0.15, 0.2) is 5.75 Å². The third-order valence-corrected chi connectivity index (χ3v) is 5.87. The van der Waals surface area contributed by atoms with Crippen LogP contribution in [-0.2, 0) is 11.2 Å². The summed E-state index contributed by atoms with van der Waals surface area (Å²) < 4.78 is 11.3. The van der Waals surface area contributed by atoms with Gasteiger partial charge in [-0.25, -0.2) is 0 Å². The fourth-order valence-electron chi connectivity index (χ4n) is 3.79. The number of benzene rings is 2. The summed E-state index contributed by atoms with van der Waals surface area (Å²) in [7, 11) is 0. The van der Waals surface area contributed by atoms with Crippen LogP contribution in [0.5, 0.6) is 11.5 Å². The summed E-state index contributed by atoms with van der Waals surface area (Å²) in [5, 5.41) is 0.697. The van der Waals surface area contributed by atoms with Gasteiger partial charge in [0.25, 0.3) is 5.91 Å². The molecule has 2 aliphatic heterocycles. The van der Waals surface area contributed by atoms with Crippen LogP contribution in [0.25, 0.3) is 0 Å². The molecule has 28 heavy (non-hydrogen) atoms. The molecule has 0 saturated carbocycles. The van der Waals surface area contributed by atoms with E-state index in [-0.39, 0.29) is 5.91 Å². The summed E-state index contributed by atoms with van der Waals surface area (Å²) in [6.07, 6.45) is 2.84. The van der Waals surface area contributed by atoms with Crippen LogP contribution < -0.4 is 10.5 Å². The van der Waals surface area contributed by atoms with Crippen LogP contribution in [0.3, 0.4) is 0 Å². The lowest BCUT2D eigenvalue weighted by Gasteiger charge is -2.33. The Bertz CT molecular complexity index is 874. The van der Waals surface area contributed by atoms with Crippen molar-refractivity contribution in [2.75, 3.05) is 32.0 Å². The minimum atomic E-state index is 0.0860. The second-order valence-corrected chi connectivity index (χ2v) is 8.11. The Balaban J connectivity index is 1.50. The average molecular weight is 421 g/mol. The van der Waals surface area contributed by atoms with E-state index in [9.17, 15) is 4.79 Å². The quantitative estimate of drug-likeness (QED) is 0.721. The number of nitrogens with two attached hydrogens (primary N) is 1. The van der Waals surface area contributed by atoms with Crippen LogP contribution in [0.2, 0.25) is 10.0 Å². The fraction of sp³-hybridized carbons (Fsp3) is 0.381. The lowest BCUT2D eigenvalue weighted by atomic mass is 9.95. The van der Waals surface area contributed by atoms with Crippen LogP contribution in [0.1, 0.15) is 28.8 Å². The Morgan fingerprint density at radius 3 is 2.57 bits per heavy atom. The number of hydrogen-bond donors (Lipinski definition) is 1. The van der Waals surface area contributed by atoms with Gasteiger partial charge in [0.2, 0.25) is 0 Å². The molecule has 0 spiro atoms. The van der Waals surface area contributed by atoms with Crippen LogP contribution in [-0.4, -0.2) is 37.1 Å². The highest BCUT2D eigenvalue weighted by Crippen LogP contribution is 2.39. The minimum absolute atomic E-state index is 0.0860. The zero-order valence-electron chi connectivity index (χ0n) is 15.4. The second-order valence-electron chi connectivity index (χ2n) is 7.29. The first-order valence-corrected chi connectivity index (χ1v) is 10.2. The van der Waals surface area contributed by atoms with Gasteiger partial charge in [0, 0.05) is 37.6 Å². The van der Waals surface area contributed by atoms with E-state index in [2.05, 4.69) is 0 Å². The molecule has 2 N–H and O–H groups in total. The van der Waals surface area contributed by atoms with Crippen molar-refractivity contribution < 1.29 is 14.3 Å². The molecule has 0 atom stereocenters. The predicted octanol–water partition coefficient (Wildman–Crippen LogP) is 4.79. The smallest absolute Gasteiger partial charge is 0.254 e. The Kier molecular flexibility index (Phi) is 5.67. The van der Waals surface area contributed by atoms with Gasteiger partial charge in [-0.2, -0.15) is 0 Å². The van der Waals surface area contributed by atoms with Crippen molar-refractivity contribution in [1.29, 1.82) is 0 Å². The lowest BCUT2D eigenvalue weighted by Crippen LogP contribution is -2.41. The minimum Gasteiger partial charge on any atom is -0.454 e. The number of ether oxygens (including phenoxy) is 2. The fourth-order valence-corrected chi connectivity index (χ4v) is 4.37. The third kappa shape index (κ3) is 4.07. The number of amides is 1. The summed E-state index contributed by atoms with van der Waals surface area (Å²) in [6.45, 7) is 3.10. The molecule has 0 unspecified atom stereocenters. The molecule has 0 aromatic heterocycles. The normalized spacial score (nSPS) is 17.5. The molecule has 4 rings (SSSR count). The maximum absolute atomic E-state index is 12.9. The van der Waals surface area contributed by atoms with Gasteiger partial charge in [-0.1, -0.05) is 23.2 Å². The summed E-state index contributed by atoms with van der Waals surface area (Å²) in [6, 6.07) is 8.68. The number of halogens is 2. The molecule has 2 aromatic rings. The van der Waals surface area contributed by atoms with E-state index in [4.69, 9.17) is 38.4 Å². The molecule has 0 bridgehead atoms. The van der Waals surface area contributed by atoms with Crippen molar-refractivity contribution in [1.82, 2.24) is 4.90 Å². The SMILES string of the molecule is Nc1cc(Cl)c(Oc2ccc3c(c2)CCN(CC2CCOCC2)C3=O)c(Cl)c1. The molecular weight excluding hydrogens is 399 g/mol. The molecule has 2 heterocycles. The highest BCUT2D eigenvalue weighted by Gasteiger charge is 2.27. The van der Waals surface area contributed by atoms with E-state index in [1.807, 2.05) is 17.0 Å². The van der Waals surface area contributed by atoms with Crippen LogP contribution >= 0.6 is 23.2 Å². The summed E-state index contributed by atoms with van der Waals surface area (Å²) in [4.78, 5) is 14.9. The second kappa shape index (κ2) is 8.19. The van der Waals surface area contributed by atoms with E-state index in [0.29, 0.717) is 33.1 Å².